The molecule has 0 unspecified atom stereocenters. The summed E-state index contributed by atoms with van der Waals surface area (Å²) in [6.07, 6.45) is 0. The van der Waals surface area contributed by atoms with Crippen LogP contribution in [0.1, 0.15) is 23.9 Å². The zero-order valence-electron chi connectivity index (χ0n) is 13.3. The molecule has 0 atom stereocenters. The second-order valence-corrected chi connectivity index (χ2v) is 5.26. The van der Waals surface area contributed by atoms with E-state index in [2.05, 4.69) is 10.4 Å². The Morgan fingerprint density at radius 1 is 0.960 bits per heavy atom. The van der Waals surface area contributed by atoms with Gasteiger partial charge in [-0.15, -0.1) is 0 Å². The fourth-order valence-corrected chi connectivity index (χ4v) is 2.17. The van der Waals surface area contributed by atoms with Gasteiger partial charge in [-0.05, 0) is 13.8 Å². The minimum Gasteiger partial charge on any atom is -0.316 e. The number of anilines is 1. The Bertz CT molecular complexity index is 863. The Morgan fingerprint density at radius 3 is 1.92 bits per heavy atom. The van der Waals surface area contributed by atoms with Crippen molar-refractivity contribution in [2.24, 2.45) is 0 Å². The van der Waals surface area contributed by atoms with E-state index in [1.165, 1.54) is 13.8 Å². The zero-order valence-corrected chi connectivity index (χ0v) is 13.3. The number of rotatable bonds is 4. The van der Waals surface area contributed by atoms with Crippen molar-refractivity contribution in [3.8, 4) is 0 Å². The number of aromatic nitrogens is 2. The van der Waals surface area contributed by atoms with Crippen molar-refractivity contribution < 1.29 is 31.5 Å². The molecule has 10 heteroatoms. The molecule has 2 aromatic rings. The number of nitrogens with one attached hydrogen (secondary N) is 1. The van der Waals surface area contributed by atoms with Crippen LogP contribution in [-0.2, 0) is 16.1 Å². The van der Waals surface area contributed by atoms with Gasteiger partial charge in [-0.25, -0.2) is 22.0 Å². The van der Waals surface area contributed by atoms with Crippen molar-refractivity contribution in [3.63, 3.8) is 0 Å². The molecule has 1 amide bonds. The lowest BCUT2D eigenvalue weighted by Crippen LogP contribution is -2.20. The normalized spacial score (nSPS) is 10.9. The van der Waals surface area contributed by atoms with Crippen LogP contribution in [0, 0.1) is 42.9 Å². The summed E-state index contributed by atoms with van der Waals surface area (Å²) in [4.78, 5) is 22.5. The first-order valence-electron chi connectivity index (χ1n) is 6.92. The van der Waals surface area contributed by atoms with Crippen LogP contribution < -0.4 is 5.32 Å². The Hall–Kier alpha value is -2.78. The van der Waals surface area contributed by atoms with E-state index in [0.717, 1.165) is 11.6 Å². The number of carbonyl (C=O) groups is 2. The number of hydrogen-bond acceptors (Lipinski definition) is 3. The molecule has 2 rings (SSSR count). The molecule has 1 heterocycles. The van der Waals surface area contributed by atoms with Crippen molar-refractivity contribution >= 4 is 17.4 Å². The van der Waals surface area contributed by atoms with Crippen molar-refractivity contribution in [1.82, 2.24) is 9.78 Å². The molecule has 134 valence electrons. The molecule has 1 aromatic heterocycles. The van der Waals surface area contributed by atoms with Gasteiger partial charge in [0.1, 0.15) is 0 Å². The van der Waals surface area contributed by atoms with Crippen molar-refractivity contribution in [1.29, 1.82) is 0 Å². The molecule has 0 saturated carbocycles. The van der Waals surface area contributed by atoms with Crippen LogP contribution in [0.4, 0.5) is 27.6 Å². The maximum atomic E-state index is 13.8. The first-order chi connectivity index (χ1) is 11.6. The Labute approximate surface area is 138 Å². The van der Waals surface area contributed by atoms with Crippen LogP contribution in [0.15, 0.2) is 0 Å². The average molecular weight is 361 g/mol. The van der Waals surface area contributed by atoms with E-state index >= 15 is 0 Å². The lowest BCUT2D eigenvalue weighted by molar-refractivity contribution is -0.133. The third-order valence-electron chi connectivity index (χ3n) is 3.55. The maximum Gasteiger partial charge on any atom is 0.291 e. The molecule has 0 fully saturated rings. The second-order valence-electron chi connectivity index (χ2n) is 5.26. The monoisotopic (exact) mass is 361 g/mol. The summed E-state index contributed by atoms with van der Waals surface area (Å²) < 4.78 is 68.1. The van der Waals surface area contributed by atoms with Crippen LogP contribution in [0.5, 0.6) is 0 Å². The molecule has 0 bridgehead atoms. The summed E-state index contributed by atoms with van der Waals surface area (Å²) in [5, 5.41) is 6.18. The fraction of sp³-hybridized carbons (Fsp3) is 0.267. The number of benzene rings is 1. The number of ketones is 1. The van der Waals surface area contributed by atoms with E-state index in [1.807, 2.05) is 0 Å². The molecular formula is C15H12F5N3O2. The molecular weight excluding hydrogens is 349 g/mol. The summed E-state index contributed by atoms with van der Waals surface area (Å²) in [7, 11) is 0. The quantitative estimate of drug-likeness (QED) is 0.394. The zero-order chi connectivity index (χ0) is 19.0. The highest BCUT2D eigenvalue weighted by molar-refractivity contribution is 6.39. The van der Waals surface area contributed by atoms with Gasteiger partial charge in [-0.2, -0.15) is 5.10 Å². The van der Waals surface area contributed by atoms with Crippen LogP contribution in [0.3, 0.4) is 0 Å². The highest BCUT2D eigenvalue weighted by Crippen LogP contribution is 2.26. The Balaban J connectivity index is 2.47. The lowest BCUT2D eigenvalue weighted by Gasteiger charge is -2.10. The summed E-state index contributed by atoms with van der Waals surface area (Å²) in [6.45, 7) is 3.13. The van der Waals surface area contributed by atoms with Gasteiger partial charge in [0.15, 0.2) is 23.3 Å². The lowest BCUT2D eigenvalue weighted by atomic mass is 10.1. The maximum absolute atomic E-state index is 13.8. The molecule has 1 N–H and O–H groups in total. The number of carbonyl (C=O) groups excluding carboxylic acids is 2. The van der Waals surface area contributed by atoms with Crippen molar-refractivity contribution in [2.45, 2.75) is 27.3 Å². The second kappa shape index (κ2) is 6.61. The topological polar surface area (TPSA) is 64.0 Å². The largest absolute Gasteiger partial charge is 0.316 e. The Morgan fingerprint density at radius 2 is 1.44 bits per heavy atom. The van der Waals surface area contributed by atoms with Gasteiger partial charge in [-0.3, -0.25) is 14.3 Å². The number of nitrogens with zero attached hydrogens (tertiary/aromatic N) is 2. The molecule has 0 radical (unpaired) electrons. The van der Waals surface area contributed by atoms with E-state index in [4.69, 9.17) is 0 Å². The SMILES string of the molecule is CC(=O)C(=O)Nc1c(C)nn(Cc2c(F)c(F)c(F)c(F)c2F)c1C. The summed E-state index contributed by atoms with van der Waals surface area (Å²) in [5.74, 6) is -12.0. The number of amides is 1. The predicted molar refractivity (Wildman–Crippen MR) is 76.3 cm³/mol. The van der Waals surface area contributed by atoms with Gasteiger partial charge in [0, 0.05) is 6.92 Å². The highest BCUT2D eigenvalue weighted by Gasteiger charge is 2.27. The molecule has 0 aliphatic rings. The number of hydrogen-bond donors (Lipinski definition) is 1. The third-order valence-corrected chi connectivity index (χ3v) is 3.55. The van der Waals surface area contributed by atoms with Crippen LogP contribution in [-0.4, -0.2) is 21.5 Å². The standard InChI is InChI=1S/C15H12F5N3O2/c1-5-14(21-15(25)7(3)24)6(2)23(22-5)4-8-9(16)11(18)13(20)12(19)10(8)17/h4H2,1-3H3,(H,21,25). The first-order valence-corrected chi connectivity index (χ1v) is 6.92. The minimum atomic E-state index is -2.25. The molecule has 0 saturated heterocycles. The van der Waals surface area contributed by atoms with E-state index in [1.54, 1.807) is 0 Å². The number of aryl methyl sites for hydroxylation is 1. The van der Waals surface area contributed by atoms with Crippen LogP contribution in [0.2, 0.25) is 0 Å². The van der Waals surface area contributed by atoms with E-state index < -0.39 is 52.9 Å². The van der Waals surface area contributed by atoms with Crippen molar-refractivity contribution in [3.05, 3.63) is 46.0 Å². The van der Waals surface area contributed by atoms with Gasteiger partial charge >= 0.3 is 0 Å². The predicted octanol–water partition coefficient (Wildman–Crippen LogP) is 2.77. The summed E-state index contributed by atoms with van der Waals surface area (Å²) in [6, 6.07) is 0. The highest BCUT2D eigenvalue weighted by atomic mass is 19.2. The van der Waals surface area contributed by atoms with Gasteiger partial charge in [0.2, 0.25) is 11.6 Å². The van der Waals surface area contributed by atoms with Crippen LogP contribution >= 0.6 is 0 Å². The number of Topliss-reactive ketones (excluding diaryl/α,β-unsaturated/α-hetero) is 1. The van der Waals surface area contributed by atoms with Crippen LogP contribution in [0.25, 0.3) is 0 Å². The average Bonchev–Trinajstić information content (AvgIpc) is 2.82. The molecule has 5 nitrogen and oxygen atoms in total. The van der Waals surface area contributed by atoms with Gasteiger partial charge in [0.05, 0.1) is 29.2 Å². The fourth-order valence-electron chi connectivity index (χ4n) is 2.17. The molecule has 25 heavy (non-hydrogen) atoms. The van der Waals surface area contributed by atoms with E-state index in [0.29, 0.717) is 0 Å². The van der Waals surface area contributed by atoms with Crippen molar-refractivity contribution in [2.75, 3.05) is 5.32 Å². The van der Waals surface area contributed by atoms with E-state index in [9.17, 15) is 31.5 Å². The molecule has 0 aliphatic heterocycles. The minimum absolute atomic E-state index is 0.115. The van der Waals surface area contributed by atoms with Gasteiger partial charge in [0.25, 0.3) is 5.91 Å². The summed E-state index contributed by atoms with van der Waals surface area (Å²) in [5.41, 5.74) is -0.567. The summed E-state index contributed by atoms with van der Waals surface area (Å²) >= 11 is 0. The van der Waals surface area contributed by atoms with Gasteiger partial charge < -0.3 is 5.32 Å². The smallest absolute Gasteiger partial charge is 0.291 e. The third kappa shape index (κ3) is 3.24. The molecule has 1 aromatic carbocycles. The molecule has 0 aliphatic carbocycles. The Kier molecular flexibility index (Phi) is 4.91. The van der Waals surface area contributed by atoms with Gasteiger partial charge in [-0.1, -0.05) is 0 Å². The first kappa shape index (κ1) is 18.6. The molecule has 0 spiro atoms. The number of halogens is 5. The van der Waals surface area contributed by atoms with E-state index in [-0.39, 0.29) is 17.1 Å².